The first-order chi connectivity index (χ1) is 26.2. The molecule has 0 N–H and O–H groups in total. The second kappa shape index (κ2) is 12.7. The number of thiophene rings is 2. The number of hydrogen-bond acceptors (Lipinski definition) is 5. The Morgan fingerprint density at radius 3 is 1.49 bits per heavy atom. The van der Waals surface area contributed by atoms with Crippen molar-refractivity contribution < 1.29 is 9.47 Å². The molecule has 0 bridgehead atoms. The normalized spacial score (nSPS) is 11.6. The SMILES string of the molecule is COc1ccc(N(c2ccc(OC)cc2)c2ccc(-c3cc4c5ccccc5n(-c5cccs5)c4c4c3c3ccccc3n4-c3cccs3)cc2)cc1. The molecule has 0 atom stereocenters. The standard InChI is InChI=1S/C46H33N3O2S2/c1-50-34-23-19-32(20-24-34)47(33-21-25-35(51-2)26-22-33)31-17-15-30(16-18-31)38-29-39-36-9-3-5-11-40(36)48(42-13-7-27-52-42)45(39)46-44(38)37-10-4-6-12-41(37)49(46)43-14-8-28-53-43/h3-29H,1-2H3. The molecule has 10 rings (SSSR count). The van der Waals surface area contributed by atoms with Crippen molar-refractivity contribution in [2.24, 2.45) is 0 Å². The summed E-state index contributed by atoms with van der Waals surface area (Å²) in [5, 5.41) is 11.7. The van der Waals surface area contributed by atoms with Crippen LogP contribution in [-0.4, -0.2) is 23.4 Å². The number of methoxy groups -OCH3 is 2. The first-order valence-electron chi connectivity index (χ1n) is 17.5. The predicted molar refractivity (Wildman–Crippen MR) is 224 cm³/mol. The molecule has 10 aromatic rings. The molecule has 7 heteroatoms. The Hall–Kier alpha value is -6.28. The molecule has 0 aliphatic carbocycles. The van der Waals surface area contributed by atoms with Crippen LogP contribution in [0.4, 0.5) is 17.1 Å². The minimum Gasteiger partial charge on any atom is -0.497 e. The summed E-state index contributed by atoms with van der Waals surface area (Å²) in [6.45, 7) is 0. The molecule has 4 aromatic heterocycles. The Labute approximate surface area is 314 Å². The molecule has 0 radical (unpaired) electrons. The van der Waals surface area contributed by atoms with Crippen LogP contribution in [0.3, 0.4) is 0 Å². The Bertz CT molecular complexity index is 2840. The van der Waals surface area contributed by atoms with Gasteiger partial charge in [-0.15, -0.1) is 22.7 Å². The Kier molecular flexibility index (Phi) is 7.56. The van der Waals surface area contributed by atoms with Gasteiger partial charge in [-0.25, -0.2) is 0 Å². The minimum absolute atomic E-state index is 0.820. The molecular formula is C46H33N3O2S2. The lowest BCUT2D eigenvalue weighted by Crippen LogP contribution is -2.09. The number of fused-ring (bicyclic) bond motifs is 7. The zero-order valence-electron chi connectivity index (χ0n) is 29.1. The molecule has 256 valence electrons. The highest BCUT2D eigenvalue weighted by Crippen LogP contribution is 2.47. The number of rotatable bonds is 8. The van der Waals surface area contributed by atoms with Gasteiger partial charge >= 0.3 is 0 Å². The first kappa shape index (κ1) is 31.5. The fourth-order valence-electron chi connectivity index (χ4n) is 7.78. The van der Waals surface area contributed by atoms with Crippen LogP contribution in [0.2, 0.25) is 0 Å². The van der Waals surface area contributed by atoms with Gasteiger partial charge in [0.25, 0.3) is 0 Å². The van der Waals surface area contributed by atoms with Gasteiger partial charge in [0, 0.05) is 38.6 Å². The molecule has 0 aliphatic heterocycles. The summed E-state index contributed by atoms with van der Waals surface area (Å²) >= 11 is 3.54. The van der Waals surface area contributed by atoms with Crippen LogP contribution in [0.1, 0.15) is 0 Å². The molecule has 0 saturated carbocycles. The van der Waals surface area contributed by atoms with Gasteiger partial charge in [0.2, 0.25) is 0 Å². The summed E-state index contributed by atoms with van der Waals surface area (Å²) in [5.74, 6) is 1.64. The first-order valence-corrected chi connectivity index (χ1v) is 19.2. The summed E-state index contributed by atoms with van der Waals surface area (Å²) < 4.78 is 15.9. The van der Waals surface area contributed by atoms with E-state index in [9.17, 15) is 0 Å². The lowest BCUT2D eigenvalue weighted by molar-refractivity contribution is 0.415. The van der Waals surface area contributed by atoms with Crippen LogP contribution < -0.4 is 14.4 Å². The van der Waals surface area contributed by atoms with E-state index in [1.165, 1.54) is 59.2 Å². The third-order valence-corrected chi connectivity index (χ3v) is 11.8. The molecule has 0 aliphatic rings. The second-order valence-electron chi connectivity index (χ2n) is 12.9. The van der Waals surface area contributed by atoms with Crippen molar-refractivity contribution in [3.63, 3.8) is 0 Å². The third-order valence-electron chi connectivity index (χ3n) is 10.1. The van der Waals surface area contributed by atoms with E-state index in [0.29, 0.717) is 0 Å². The van der Waals surface area contributed by atoms with Crippen molar-refractivity contribution in [1.29, 1.82) is 0 Å². The molecule has 0 saturated heterocycles. The number of benzene rings is 6. The zero-order valence-corrected chi connectivity index (χ0v) is 30.7. The largest absolute Gasteiger partial charge is 0.497 e. The molecule has 0 spiro atoms. The van der Waals surface area contributed by atoms with E-state index in [2.05, 4.69) is 152 Å². The van der Waals surface area contributed by atoms with E-state index in [1.807, 2.05) is 24.3 Å². The highest BCUT2D eigenvalue weighted by molar-refractivity contribution is 7.13. The van der Waals surface area contributed by atoms with E-state index in [1.54, 1.807) is 36.9 Å². The average molecular weight is 724 g/mol. The number of hydrogen-bond donors (Lipinski definition) is 0. The van der Waals surface area contributed by atoms with Gasteiger partial charge < -0.3 is 14.4 Å². The zero-order chi connectivity index (χ0) is 35.5. The van der Waals surface area contributed by atoms with Crippen molar-refractivity contribution in [3.8, 4) is 32.6 Å². The van der Waals surface area contributed by atoms with E-state index < -0.39 is 0 Å². The minimum atomic E-state index is 0.820. The van der Waals surface area contributed by atoms with Crippen molar-refractivity contribution in [2.75, 3.05) is 19.1 Å². The fourth-order valence-corrected chi connectivity index (χ4v) is 9.27. The smallest absolute Gasteiger partial charge is 0.119 e. The average Bonchev–Trinajstić information content (AvgIpc) is 4.04. The third kappa shape index (κ3) is 5.04. The number of ether oxygens (including phenoxy) is 2. The molecule has 4 heterocycles. The maximum atomic E-state index is 5.49. The van der Waals surface area contributed by atoms with Crippen LogP contribution in [0, 0.1) is 0 Å². The van der Waals surface area contributed by atoms with Gasteiger partial charge in [-0.2, -0.15) is 0 Å². The molecule has 53 heavy (non-hydrogen) atoms. The van der Waals surface area contributed by atoms with Crippen LogP contribution >= 0.6 is 22.7 Å². The maximum absolute atomic E-state index is 5.49. The highest BCUT2D eigenvalue weighted by atomic mass is 32.1. The van der Waals surface area contributed by atoms with Gasteiger partial charge in [0.15, 0.2) is 0 Å². The Morgan fingerprint density at radius 1 is 0.472 bits per heavy atom. The van der Waals surface area contributed by atoms with E-state index in [0.717, 1.165) is 34.1 Å². The number of para-hydroxylation sites is 2. The number of anilines is 3. The highest BCUT2D eigenvalue weighted by Gasteiger charge is 2.25. The van der Waals surface area contributed by atoms with Crippen LogP contribution in [0.25, 0.3) is 64.7 Å². The van der Waals surface area contributed by atoms with Crippen molar-refractivity contribution in [1.82, 2.24) is 9.13 Å². The van der Waals surface area contributed by atoms with Crippen LogP contribution in [0.5, 0.6) is 11.5 Å². The van der Waals surface area contributed by atoms with Crippen LogP contribution in [-0.2, 0) is 0 Å². The fraction of sp³-hybridized carbons (Fsp3) is 0.0435. The van der Waals surface area contributed by atoms with Crippen LogP contribution in [0.15, 0.2) is 162 Å². The van der Waals surface area contributed by atoms with E-state index >= 15 is 0 Å². The molecule has 0 fully saturated rings. The summed E-state index contributed by atoms with van der Waals surface area (Å²) in [7, 11) is 3.39. The van der Waals surface area contributed by atoms with Gasteiger partial charge in [0.1, 0.15) is 21.5 Å². The monoisotopic (exact) mass is 723 g/mol. The Balaban J connectivity index is 1.25. The van der Waals surface area contributed by atoms with Gasteiger partial charge in [-0.1, -0.05) is 48.5 Å². The molecule has 0 amide bonds. The number of nitrogens with zero attached hydrogens (tertiary/aromatic N) is 3. The molecule has 6 aromatic carbocycles. The molecule has 5 nitrogen and oxygen atoms in total. The summed E-state index contributed by atoms with van der Waals surface area (Å²) in [6, 6.07) is 54.2. The lowest BCUT2D eigenvalue weighted by atomic mass is 9.96. The lowest BCUT2D eigenvalue weighted by Gasteiger charge is -2.26. The second-order valence-corrected chi connectivity index (χ2v) is 14.8. The quantitative estimate of drug-likeness (QED) is 0.156. The van der Waals surface area contributed by atoms with Crippen molar-refractivity contribution in [2.45, 2.75) is 0 Å². The topological polar surface area (TPSA) is 31.6 Å². The van der Waals surface area contributed by atoms with Crippen molar-refractivity contribution >= 4 is 83.3 Å². The van der Waals surface area contributed by atoms with Gasteiger partial charge in [0.05, 0.1) is 36.3 Å². The predicted octanol–water partition coefficient (Wildman–Crippen LogP) is 13.2. The summed E-state index contributed by atoms with van der Waals surface area (Å²) in [4.78, 5) is 2.26. The van der Waals surface area contributed by atoms with Crippen molar-refractivity contribution in [3.05, 3.63) is 162 Å². The molecule has 0 unspecified atom stereocenters. The number of aromatic nitrogens is 2. The van der Waals surface area contributed by atoms with E-state index in [-0.39, 0.29) is 0 Å². The van der Waals surface area contributed by atoms with E-state index in [4.69, 9.17) is 9.47 Å². The molecular weight excluding hydrogens is 691 g/mol. The van der Waals surface area contributed by atoms with Gasteiger partial charge in [-0.3, -0.25) is 9.13 Å². The summed E-state index contributed by atoms with van der Waals surface area (Å²) in [6.07, 6.45) is 0. The summed E-state index contributed by atoms with van der Waals surface area (Å²) in [5.41, 5.74) is 10.3. The van der Waals surface area contributed by atoms with Gasteiger partial charge in [-0.05, 0) is 125 Å². The maximum Gasteiger partial charge on any atom is 0.119 e. The Morgan fingerprint density at radius 2 is 0.962 bits per heavy atom.